The van der Waals surface area contributed by atoms with E-state index in [0.29, 0.717) is 6.04 Å². The van der Waals surface area contributed by atoms with E-state index in [2.05, 4.69) is 29.4 Å². The number of piperazine rings is 1. The standard InChI is InChI=1S/C14H27N3O/c1-14(2)10-17(11-6-4-5-7-11)12(8-9-15-3)13(18)16-14/h11-12,15H,4-10H2,1-3H3,(H,16,18). The van der Waals surface area contributed by atoms with Gasteiger partial charge >= 0.3 is 0 Å². The summed E-state index contributed by atoms with van der Waals surface area (Å²) in [5.74, 6) is 0.216. The van der Waals surface area contributed by atoms with Gasteiger partial charge in [-0.2, -0.15) is 0 Å². The number of hydrogen-bond donors (Lipinski definition) is 2. The van der Waals surface area contributed by atoms with E-state index in [1.807, 2.05) is 7.05 Å². The molecule has 4 nitrogen and oxygen atoms in total. The van der Waals surface area contributed by atoms with Crippen molar-refractivity contribution in [2.24, 2.45) is 0 Å². The molecule has 1 heterocycles. The second-order valence-electron chi connectivity index (χ2n) is 6.39. The fourth-order valence-corrected chi connectivity index (χ4v) is 3.37. The van der Waals surface area contributed by atoms with Gasteiger partial charge in [-0.25, -0.2) is 0 Å². The predicted molar refractivity (Wildman–Crippen MR) is 73.5 cm³/mol. The minimum Gasteiger partial charge on any atom is -0.349 e. The number of amides is 1. The third-order valence-electron chi connectivity index (χ3n) is 4.20. The third kappa shape index (κ3) is 3.04. The van der Waals surface area contributed by atoms with E-state index in [4.69, 9.17) is 0 Å². The van der Waals surface area contributed by atoms with E-state index in [1.54, 1.807) is 0 Å². The van der Waals surface area contributed by atoms with E-state index < -0.39 is 0 Å². The van der Waals surface area contributed by atoms with Crippen molar-refractivity contribution in [1.82, 2.24) is 15.5 Å². The Hall–Kier alpha value is -0.610. The molecular weight excluding hydrogens is 226 g/mol. The van der Waals surface area contributed by atoms with Gasteiger partial charge in [0, 0.05) is 18.1 Å². The van der Waals surface area contributed by atoms with E-state index in [0.717, 1.165) is 19.5 Å². The highest BCUT2D eigenvalue weighted by atomic mass is 16.2. The molecule has 4 heteroatoms. The molecule has 0 aromatic carbocycles. The first kappa shape index (κ1) is 13.8. The molecule has 1 aliphatic carbocycles. The number of rotatable bonds is 4. The molecule has 0 spiro atoms. The van der Waals surface area contributed by atoms with Crippen LogP contribution in [-0.4, -0.2) is 48.6 Å². The Bertz CT molecular complexity index is 297. The van der Waals surface area contributed by atoms with Crippen LogP contribution in [0, 0.1) is 0 Å². The lowest BCUT2D eigenvalue weighted by Gasteiger charge is -2.46. The van der Waals surface area contributed by atoms with E-state index in [9.17, 15) is 4.79 Å². The Morgan fingerprint density at radius 3 is 2.67 bits per heavy atom. The molecule has 18 heavy (non-hydrogen) atoms. The van der Waals surface area contributed by atoms with E-state index in [-0.39, 0.29) is 17.5 Å². The lowest BCUT2D eigenvalue weighted by molar-refractivity contribution is -0.134. The van der Waals surface area contributed by atoms with Gasteiger partial charge in [0.15, 0.2) is 0 Å². The minimum absolute atomic E-state index is 0.0635. The molecule has 2 fully saturated rings. The van der Waals surface area contributed by atoms with Crippen molar-refractivity contribution in [1.29, 1.82) is 0 Å². The van der Waals surface area contributed by atoms with Gasteiger partial charge in [-0.1, -0.05) is 12.8 Å². The average Bonchev–Trinajstić information content (AvgIpc) is 2.79. The number of nitrogens with one attached hydrogen (secondary N) is 2. The zero-order valence-corrected chi connectivity index (χ0v) is 12.0. The molecule has 1 aliphatic heterocycles. The Morgan fingerprint density at radius 2 is 2.06 bits per heavy atom. The third-order valence-corrected chi connectivity index (χ3v) is 4.20. The average molecular weight is 253 g/mol. The lowest BCUT2D eigenvalue weighted by Crippen LogP contribution is -2.66. The van der Waals surface area contributed by atoms with Crippen molar-refractivity contribution in [3.8, 4) is 0 Å². The van der Waals surface area contributed by atoms with Crippen LogP contribution < -0.4 is 10.6 Å². The molecule has 1 amide bonds. The van der Waals surface area contributed by atoms with Gasteiger partial charge in [-0.15, -0.1) is 0 Å². The van der Waals surface area contributed by atoms with Crippen LogP contribution in [0.2, 0.25) is 0 Å². The molecule has 1 atom stereocenters. The summed E-state index contributed by atoms with van der Waals surface area (Å²) in [6.07, 6.45) is 6.08. The normalized spacial score (nSPS) is 29.5. The van der Waals surface area contributed by atoms with Crippen LogP contribution in [0.3, 0.4) is 0 Å². The van der Waals surface area contributed by atoms with Crippen molar-refractivity contribution in [2.75, 3.05) is 20.1 Å². The van der Waals surface area contributed by atoms with Gasteiger partial charge in [0.05, 0.1) is 6.04 Å². The molecule has 1 saturated heterocycles. The van der Waals surface area contributed by atoms with E-state index >= 15 is 0 Å². The second-order valence-corrected chi connectivity index (χ2v) is 6.39. The quantitative estimate of drug-likeness (QED) is 0.789. The zero-order valence-electron chi connectivity index (χ0n) is 12.0. The summed E-state index contributed by atoms with van der Waals surface area (Å²) >= 11 is 0. The van der Waals surface area contributed by atoms with Crippen molar-refractivity contribution in [2.45, 2.75) is 63.6 Å². The van der Waals surface area contributed by atoms with Crippen LogP contribution in [0.1, 0.15) is 46.0 Å². The Balaban J connectivity index is 2.09. The van der Waals surface area contributed by atoms with Gasteiger partial charge in [0.25, 0.3) is 0 Å². The van der Waals surface area contributed by atoms with Crippen LogP contribution in [-0.2, 0) is 4.79 Å². The van der Waals surface area contributed by atoms with Gasteiger partial charge in [-0.3, -0.25) is 9.69 Å². The largest absolute Gasteiger partial charge is 0.349 e. The van der Waals surface area contributed by atoms with Crippen molar-refractivity contribution < 1.29 is 4.79 Å². The smallest absolute Gasteiger partial charge is 0.237 e. The monoisotopic (exact) mass is 253 g/mol. The first-order valence-electron chi connectivity index (χ1n) is 7.26. The van der Waals surface area contributed by atoms with Crippen molar-refractivity contribution in [3.05, 3.63) is 0 Å². The molecule has 0 aromatic rings. The summed E-state index contributed by atoms with van der Waals surface area (Å²) < 4.78 is 0. The van der Waals surface area contributed by atoms with E-state index in [1.165, 1.54) is 25.7 Å². The van der Waals surface area contributed by atoms with Gasteiger partial charge in [0.2, 0.25) is 5.91 Å². The first-order chi connectivity index (χ1) is 8.53. The van der Waals surface area contributed by atoms with Crippen molar-refractivity contribution in [3.63, 3.8) is 0 Å². The Kier molecular flexibility index (Phi) is 4.28. The van der Waals surface area contributed by atoms with Crippen LogP contribution in [0.4, 0.5) is 0 Å². The molecule has 2 aliphatic rings. The van der Waals surface area contributed by atoms with Crippen LogP contribution in [0.25, 0.3) is 0 Å². The minimum atomic E-state index is -0.0875. The highest BCUT2D eigenvalue weighted by Crippen LogP contribution is 2.29. The number of carbonyl (C=O) groups is 1. The highest BCUT2D eigenvalue weighted by Gasteiger charge is 2.41. The molecular formula is C14H27N3O. The molecule has 0 aromatic heterocycles. The van der Waals surface area contributed by atoms with Crippen LogP contribution in [0.15, 0.2) is 0 Å². The maximum Gasteiger partial charge on any atom is 0.237 e. The fraction of sp³-hybridized carbons (Fsp3) is 0.929. The van der Waals surface area contributed by atoms with Gasteiger partial charge < -0.3 is 10.6 Å². The Morgan fingerprint density at radius 1 is 1.39 bits per heavy atom. The molecule has 1 unspecified atom stereocenters. The molecule has 0 bridgehead atoms. The van der Waals surface area contributed by atoms with Gasteiger partial charge in [0.1, 0.15) is 0 Å². The summed E-state index contributed by atoms with van der Waals surface area (Å²) in [6.45, 7) is 6.14. The second kappa shape index (κ2) is 5.57. The summed E-state index contributed by atoms with van der Waals surface area (Å²) in [7, 11) is 1.95. The predicted octanol–water partition coefficient (Wildman–Crippen LogP) is 1.12. The highest BCUT2D eigenvalue weighted by molar-refractivity contribution is 5.83. The summed E-state index contributed by atoms with van der Waals surface area (Å²) in [5.41, 5.74) is -0.0875. The maximum absolute atomic E-state index is 12.3. The number of hydrogen-bond acceptors (Lipinski definition) is 3. The zero-order chi connectivity index (χ0) is 13.2. The molecule has 0 radical (unpaired) electrons. The van der Waals surface area contributed by atoms with Crippen LogP contribution in [0.5, 0.6) is 0 Å². The van der Waals surface area contributed by atoms with Gasteiger partial charge in [-0.05, 0) is 46.7 Å². The Labute approximate surface area is 110 Å². The van der Waals surface area contributed by atoms with Crippen molar-refractivity contribution >= 4 is 5.91 Å². The summed E-state index contributed by atoms with van der Waals surface area (Å²) in [4.78, 5) is 14.8. The summed E-state index contributed by atoms with van der Waals surface area (Å²) in [5, 5.41) is 6.32. The fourth-order valence-electron chi connectivity index (χ4n) is 3.37. The number of carbonyl (C=O) groups excluding carboxylic acids is 1. The SMILES string of the molecule is CNCCC1C(=O)NC(C)(C)CN1C1CCCC1. The first-order valence-corrected chi connectivity index (χ1v) is 7.26. The molecule has 2 rings (SSSR count). The molecule has 104 valence electrons. The number of nitrogens with zero attached hydrogens (tertiary/aromatic N) is 1. The topological polar surface area (TPSA) is 44.4 Å². The van der Waals surface area contributed by atoms with Crippen LogP contribution >= 0.6 is 0 Å². The lowest BCUT2D eigenvalue weighted by atomic mass is 9.94. The maximum atomic E-state index is 12.3. The summed E-state index contributed by atoms with van der Waals surface area (Å²) in [6, 6.07) is 0.686. The molecule has 1 saturated carbocycles. The molecule has 2 N–H and O–H groups in total.